The minimum Gasteiger partial charge on any atom is -0.394 e. The highest BCUT2D eigenvalue weighted by molar-refractivity contribution is 7.75. The zero-order valence-electron chi connectivity index (χ0n) is 6.82. The number of hydrogen-bond donors (Lipinski definition) is 4. The van der Waals surface area contributed by atoms with Crippen LogP contribution in [0.25, 0.3) is 0 Å². The van der Waals surface area contributed by atoms with Gasteiger partial charge in [0.25, 0.3) is 15.5 Å². The second kappa shape index (κ2) is 8.36. The average molecular weight is 287 g/mol. The molecule has 4 atom stereocenters. The van der Waals surface area contributed by atoms with Crippen molar-refractivity contribution < 1.29 is 29.0 Å². The predicted octanol–water partition coefficient (Wildman–Crippen LogP) is 0.657. The minimum absolute atomic E-state index is 0.278. The maximum atomic E-state index is 9.15. The van der Waals surface area contributed by atoms with E-state index in [1.54, 1.807) is 0 Å². The van der Waals surface area contributed by atoms with E-state index in [-0.39, 0.29) is 6.61 Å². The van der Waals surface area contributed by atoms with Gasteiger partial charge in [0.2, 0.25) is 0 Å². The molecule has 14 heavy (non-hydrogen) atoms. The van der Waals surface area contributed by atoms with Gasteiger partial charge in [-0.05, 0) is 22.5 Å². The lowest BCUT2D eigenvalue weighted by atomic mass is 10.2. The van der Waals surface area contributed by atoms with Gasteiger partial charge >= 0.3 is 0 Å². The van der Waals surface area contributed by atoms with Crippen LogP contribution in [0, 0.1) is 0 Å². The number of hydrogen-bond acceptors (Lipinski definition) is 6. The molecule has 0 aromatic carbocycles. The summed E-state index contributed by atoms with van der Waals surface area (Å²) in [4.78, 5) is 17.3. The molecule has 10 heteroatoms. The van der Waals surface area contributed by atoms with E-state index < -0.39 is 34.3 Å². The normalized spacial score (nSPS) is 20.1. The molecule has 2 unspecified atom stereocenters. The van der Waals surface area contributed by atoms with Gasteiger partial charge in [-0.15, -0.1) is 0 Å². The number of aliphatic hydroxyl groups is 2. The van der Waals surface area contributed by atoms with E-state index in [1.165, 1.54) is 0 Å². The van der Waals surface area contributed by atoms with Crippen molar-refractivity contribution in [2.24, 2.45) is 0 Å². The number of rotatable bonds is 7. The fourth-order valence-electron chi connectivity index (χ4n) is 0.576. The number of halogens is 2. The molecule has 4 N–H and O–H groups in total. The highest BCUT2D eigenvalue weighted by Gasteiger charge is 2.23. The summed E-state index contributed by atoms with van der Waals surface area (Å²) in [6, 6.07) is 0. The molecule has 0 aliphatic carbocycles. The summed E-state index contributed by atoms with van der Waals surface area (Å²) in [7, 11) is -4.31. The molecule has 0 aliphatic rings. The summed E-state index contributed by atoms with van der Waals surface area (Å²) >= 11 is 10.3. The quantitative estimate of drug-likeness (QED) is 0.513. The SMILES string of the molecule is OC[C@@H](O)[C@H](COP(O)Cl)OP(O)Cl. The van der Waals surface area contributed by atoms with Crippen molar-refractivity contribution in [3.63, 3.8) is 0 Å². The molecule has 0 radical (unpaired) electrons. The summed E-state index contributed by atoms with van der Waals surface area (Å²) in [5, 5.41) is 17.7. The van der Waals surface area contributed by atoms with Gasteiger partial charge in [-0.2, -0.15) is 0 Å². The third kappa shape index (κ3) is 7.49. The fourth-order valence-corrected chi connectivity index (χ4v) is 1.75. The first-order valence-electron chi connectivity index (χ1n) is 3.35. The molecule has 0 aromatic rings. The molecule has 0 fully saturated rings. The Morgan fingerprint density at radius 1 is 1.21 bits per heavy atom. The van der Waals surface area contributed by atoms with E-state index in [9.17, 15) is 0 Å². The molecular weight excluding hydrogens is 277 g/mol. The molecule has 0 bridgehead atoms. The van der Waals surface area contributed by atoms with E-state index in [2.05, 4.69) is 9.05 Å². The first-order valence-corrected chi connectivity index (χ1v) is 7.59. The van der Waals surface area contributed by atoms with Crippen LogP contribution in [0.2, 0.25) is 0 Å². The zero-order chi connectivity index (χ0) is 11.1. The Morgan fingerprint density at radius 3 is 2.14 bits per heavy atom. The van der Waals surface area contributed by atoms with Gasteiger partial charge < -0.3 is 29.0 Å². The van der Waals surface area contributed by atoms with Crippen LogP contribution in [-0.4, -0.2) is 45.4 Å². The molecule has 0 saturated carbocycles. The van der Waals surface area contributed by atoms with Crippen LogP contribution in [-0.2, 0) is 9.05 Å². The second-order valence-corrected chi connectivity index (χ2v) is 5.25. The van der Waals surface area contributed by atoms with Crippen molar-refractivity contribution in [1.29, 1.82) is 0 Å². The van der Waals surface area contributed by atoms with Crippen molar-refractivity contribution in [2.75, 3.05) is 13.2 Å². The Balaban J connectivity index is 3.97. The van der Waals surface area contributed by atoms with E-state index in [0.717, 1.165) is 0 Å². The molecule has 6 nitrogen and oxygen atoms in total. The second-order valence-electron chi connectivity index (χ2n) is 2.14. The zero-order valence-corrected chi connectivity index (χ0v) is 10.1. The molecule has 0 rings (SSSR count). The van der Waals surface area contributed by atoms with Gasteiger partial charge in [-0.3, -0.25) is 0 Å². The standard InChI is InChI=1S/C4H10Cl2O6P2/c5-13(9)11-2-4(3(8)1-7)12-14(6)10/h3-4,7-10H,1-2H2/t3-,4+,13?,14?/m1/s1. The Morgan fingerprint density at radius 2 is 1.79 bits per heavy atom. The molecular formula is C4H10Cl2O6P2. The van der Waals surface area contributed by atoms with Crippen molar-refractivity contribution in [3.8, 4) is 0 Å². The Labute approximate surface area is 92.8 Å². The first-order chi connectivity index (χ1) is 6.47. The third-order valence-corrected chi connectivity index (χ3v) is 2.52. The maximum absolute atomic E-state index is 9.15. The largest absolute Gasteiger partial charge is 0.394 e. The predicted molar refractivity (Wildman–Crippen MR) is 53.9 cm³/mol. The average Bonchev–Trinajstić information content (AvgIpc) is 2.10. The highest BCUT2D eigenvalue weighted by atomic mass is 35.7. The van der Waals surface area contributed by atoms with Crippen LogP contribution in [0.5, 0.6) is 0 Å². The van der Waals surface area contributed by atoms with Crippen LogP contribution in [0.15, 0.2) is 0 Å². The lowest BCUT2D eigenvalue weighted by molar-refractivity contribution is -0.0175. The Bertz CT molecular complexity index is 150. The monoisotopic (exact) mass is 286 g/mol. The van der Waals surface area contributed by atoms with Gasteiger partial charge in [0.15, 0.2) is 0 Å². The molecule has 0 spiro atoms. The van der Waals surface area contributed by atoms with Gasteiger partial charge in [-0.25, -0.2) is 0 Å². The number of aliphatic hydroxyl groups excluding tert-OH is 2. The molecule has 0 amide bonds. The van der Waals surface area contributed by atoms with Gasteiger partial charge in [0.05, 0.1) is 13.2 Å². The van der Waals surface area contributed by atoms with E-state index in [0.29, 0.717) is 0 Å². The first kappa shape index (κ1) is 15.2. The van der Waals surface area contributed by atoms with E-state index in [1.807, 2.05) is 0 Å². The molecule has 86 valence electrons. The molecule has 0 heterocycles. The molecule has 0 aliphatic heterocycles. The van der Waals surface area contributed by atoms with Crippen molar-refractivity contribution >= 4 is 37.9 Å². The summed E-state index contributed by atoms with van der Waals surface area (Å²) in [5.41, 5.74) is 0. The van der Waals surface area contributed by atoms with E-state index >= 15 is 0 Å². The highest BCUT2D eigenvalue weighted by Crippen LogP contribution is 2.41. The third-order valence-electron chi connectivity index (χ3n) is 1.18. The van der Waals surface area contributed by atoms with Crippen LogP contribution >= 0.6 is 37.9 Å². The van der Waals surface area contributed by atoms with Gasteiger partial charge in [-0.1, -0.05) is 0 Å². The van der Waals surface area contributed by atoms with Crippen LogP contribution in [0.3, 0.4) is 0 Å². The Kier molecular flexibility index (Phi) is 9.08. The topological polar surface area (TPSA) is 99.4 Å². The lowest BCUT2D eigenvalue weighted by Crippen LogP contribution is -2.34. The van der Waals surface area contributed by atoms with Crippen molar-refractivity contribution in [2.45, 2.75) is 12.2 Å². The summed E-state index contributed by atoms with van der Waals surface area (Å²) in [5.74, 6) is 0. The van der Waals surface area contributed by atoms with Gasteiger partial charge in [0.1, 0.15) is 12.2 Å². The summed E-state index contributed by atoms with van der Waals surface area (Å²) in [6.07, 6.45) is -2.30. The molecule has 0 saturated heterocycles. The van der Waals surface area contributed by atoms with Crippen LogP contribution in [0.4, 0.5) is 0 Å². The minimum atomic E-state index is -2.21. The van der Waals surface area contributed by atoms with Crippen LogP contribution in [0.1, 0.15) is 0 Å². The van der Waals surface area contributed by atoms with Crippen molar-refractivity contribution in [1.82, 2.24) is 0 Å². The summed E-state index contributed by atoms with van der Waals surface area (Å²) in [6.45, 7) is -0.862. The fraction of sp³-hybridized carbons (Fsp3) is 1.00. The van der Waals surface area contributed by atoms with Crippen LogP contribution < -0.4 is 0 Å². The van der Waals surface area contributed by atoms with Crippen molar-refractivity contribution in [3.05, 3.63) is 0 Å². The van der Waals surface area contributed by atoms with Gasteiger partial charge in [0, 0.05) is 0 Å². The lowest BCUT2D eigenvalue weighted by Gasteiger charge is -2.21. The van der Waals surface area contributed by atoms with E-state index in [4.69, 9.17) is 42.5 Å². The Hall–Kier alpha value is 1.20. The smallest absolute Gasteiger partial charge is 0.274 e. The molecule has 0 aromatic heterocycles. The summed E-state index contributed by atoms with van der Waals surface area (Å²) < 4.78 is 9.20. The maximum Gasteiger partial charge on any atom is 0.274 e.